The van der Waals surface area contributed by atoms with Gasteiger partial charge >= 0.3 is 0 Å². The lowest BCUT2D eigenvalue weighted by Gasteiger charge is -2.27. The molecule has 92 valence electrons. The zero-order valence-corrected chi connectivity index (χ0v) is 10.5. The summed E-state index contributed by atoms with van der Waals surface area (Å²) in [6.45, 7) is 7.78. The maximum atomic E-state index is 8.65. The summed E-state index contributed by atoms with van der Waals surface area (Å²) in [5.74, 6) is 0. The molecule has 3 heteroatoms. The highest BCUT2D eigenvalue weighted by atomic mass is 16.5. The number of aliphatic hydroxyl groups excluding tert-OH is 1. The number of hydrogen-bond donors (Lipinski definition) is 1. The zero-order valence-electron chi connectivity index (χ0n) is 10.5. The lowest BCUT2D eigenvalue weighted by Crippen LogP contribution is -2.36. The third-order valence-corrected chi connectivity index (χ3v) is 2.79. The summed E-state index contributed by atoms with van der Waals surface area (Å²) in [6, 6.07) is 0.512. The molecule has 0 radical (unpaired) electrons. The Hall–Kier alpha value is -0.120. The lowest BCUT2D eigenvalue weighted by molar-refractivity contribution is 0.101. The molecule has 3 nitrogen and oxygen atoms in total. The van der Waals surface area contributed by atoms with E-state index in [1.165, 1.54) is 12.8 Å². The van der Waals surface area contributed by atoms with Crippen LogP contribution in [0.2, 0.25) is 0 Å². The number of methoxy groups -OCH3 is 1. The number of unbranched alkanes of at least 4 members (excludes halogenated alkanes) is 3. The molecule has 0 aliphatic heterocycles. The molecule has 0 saturated carbocycles. The molecule has 0 aromatic rings. The first-order valence-corrected chi connectivity index (χ1v) is 6.10. The number of rotatable bonds is 10. The van der Waals surface area contributed by atoms with Gasteiger partial charge in [0.25, 0.3) is 0 Å². The molecule has 0 saturated heterocycles. The molecular formula is C12H27NO2. The third kappa shape index (κ3) is 7.77. The average Bonchev–Trinajstić information content (AvgIpc) is 2.23. The second-order valence-electron chi connectivity index (χ2n) is 4.07. The maximum absolute atomic E-state index is 8.65. The minimum atomic E-state index is 0.331. The van der Waals surface area contributed by atoms with Crippen molar-refractivity contribution >= 4 is 0 Å². The SMILES string of the molecule is CCN(CCCCCCO)C(C)COC. The first kappa shape index (κ1) is 14.9. The van der Waals surface area contributed by atoms with Crippen molar-refractivity contribution in [2.75, 3.05) is 33.4 Å². The number of ether oxygens (including phenoxy) is 1. The van der Waals surface area contributed by atoms with E-state index in [2.05, 4.69) is 18.7 Å². The fourth-order valence-electron chi connectivity index (χ4n) is 1.82. The van der Waals surface area contributed by atoms with Gasteiger partial charge in [-0.1, -0.05) is 19.8 Å². The van der Waals surface area contributed by atoms with Gasteiger partial charge in [0, 0.05) is 19.8 Å². The Bertz CT molecular complexity index is 131. The van der Waals surface area contributed by atoms with Crippen LogP contribution in [0.15, 0.2) is 0 Å². The maximum Gasteiger partial charge on any atom is 0.0615 e. The Morgan fingerprint density at radius 1 is 1.20 bits per heavy atom. The van der Waals surface area contributed by atoms with Crippen LogP contribution in [0.5, 0.6) is 0 Å². The first-order chi connectivity index (χ1) is 7.26. The van der Waals surface area contributed by atoms with Crippen molar-refractivity contribution in [3.8, 4) is 0 Å². The molecule has 0 aliphatic carbocycles. The molecule has 1 N–H and O–H groups in total. The Morgan fingerprint density at radius 3 is 2.40 bits per heavy atom. The van der Waals surface area contributed by atoms with E-state index in [4.69, 9.17) is 9.84 Å². The van der Waals surface area contributed by atoms with Crippen LogP contribution in [0.4, 0.5) is 0 Å². The largest absolute Gasteiger partial charge is 0.396 e. The summed E-state index contributed by atoms with van der Waals surface area (Å²) in [4.78, 5) is 2.45. The number of aliphatic hydroxyl groups is 1. The standard InChI is InChI=1S/C12H27NO2/c1-4-13(12(2)11-15-3)9-7-5-6-8-10-14/h12,14H,4-11H2,1-3H3. The summed E-state index contributed by atoms with van der Waals surface area (Å²) in [5, 5.41) is 8.65. The monoisotopic (exact) mass is 217 g/mol. The van der Waals surface area contributed by atoms with Gasteiger partial charge in [-0.25, -0.2) is 0 Å². The summed E-state index contributed by atoms with van der Waals surface area (Å²) < 4.78 is 5.16. The van der Waals surface area contributed by atoms with Crippen LogP contribution in [0, 0.1) is 0 Å². The molecule has 0 rings (SSSR count). The van der Waals surface area contributed by atoms with Gasteiger partial charge in [0.15, 0.2) is 0 Å². The predicted molar refractivity (Wildman–Crippen MR) is 64.1 cm³/mol. The molecule has 0 spiro atoms. The van der Waals surface area contributed by atoms with Crippen LogP contribution >= 0.6 is 0 Å². The molecule has 0 aromatic carbocycles. The first-order valence-electron chi connectivity index (χ1n) is 6.10. The van der Waals surface area contributed by atoms with E-state index < -0.39 is 0 Å². The second-order valence-corrected chi connectivity index (χ2v) is 4.07. The van der Waals surface area contributed by atoms with Gasteiger partial charge in [0.05, 0.1) is 6.61 Å². The van der Waals surface area contributed by atoms with Gasteiger partial charge in [-0.05, 0) is 32.9 Å². The highest BCUT2D eigenvalue weighted by Crippen LogP contribution is 2.05. The van der Waals surface area contributed by atoms with Crippen LogP contribution in [-0.2, 0) is 4.74 Å². The quantitative estimate of drug-likeness (QED) is 0.567. The normalized spacial score (nSPS) is 13.4. The minimum absolute atomic E-state index is 0.331. The van der Waals surface area contributed by atoms with E-state index in [1.54, 1.807) is 7.11 Å². The summed E-state index contributed by atoms with van der Waals surface area (Å²) in [5.41, 5.74) is 0. The van der Waals surface area contributed by atoms with Crippen molar-refractivity contribution in [1.82, 2.24) is 4.90 Å². The fraction of sp³-hybridized carbons (Fsp3) is 1.00. The molecule has 0 heterocycles. The van der Waals surface area contributed by atoms with Gasteiger partial charge < -0.3 is 9.84 Å². The van der Waals surface area contributed by atoms with E-state index in [0.29, 0.717) is 12.6 Å². The van der Waals surface area contributed by atoms with E-state index in [0.717, 1.165) is 32.5 Å². The summed E-state index contributed by atoms with van der Waals surface area (Å²) in [6.07, 6.45) is 4.53. The second kappa shape index (κ2) is 10.4. The Morgan fingerprint density at radius 2 is 1.87 bits per heavy atom. The predicted octanol–water partition coefficient (Wildman–Crippen LogP) is 1.90. The van der Waals surface area contributed by atoms with Gasteiger partial charge in [0.1, 0.15) is 0 Å². The van der Waals surface area contributed by atoms with Crippen molar-refractivity contribution in [3.63, 3.8) is 0 Å². The van der Waals surface area contributed by atoms with E-state index in [1.807, 2.05) is 0 Å². The van der Waals surface area contributed by atoms with Crippen molar-refractivity contribution in [1.29, 1.82) is 0 Å². The molecule has 0 aliphatic rings. The third-order valence-electron chi connectivity index (χ3n) is 2.79. The molecular weight excluding hydrogens is 190 g/mol. The molecule has 15 heavy (non-hydrogen) atoms. The highest BCUT2D eigenvalue weighted by molar-refractivity contribution is 4.65. The molecule has 0 aromatic heterocycles. The van der Waals surface area contributed by atoms with Crippen LogP contribution in [0.3, 0.4) is 0 Å². The van der Waals surface area contributed by atoms with Crippen LogP contribution in [0.1, 0.15) is 39.5 Å². The zero-order chi connectivity index (χ0) is 11.5. The van der Waals surface area contributed by atoms with Gasteiger partial charge in [0.2, 0.25) is 0 Å². The lowest BCUT2D eigenvalue weighted by atomic mass is 10.2. The number of hydrogen-bond acceptors (Lipinski definition) is 3. The van der Waals surface area contributed by atoms with Gasteiger partial charge in [-0.15, -0.1) is 0 Å². The summed E-state index contributed by atoms with van der Waals surface area (Å²) >= 11 is 0. The average molecular weight is 217 g/mol. The van der Waals surface area contributed by atoms with E-state index in [-0.39, 0.29) is 0 Å². The topological polar surface area (TPSA) is 32.7 Å². The van der Waals surface area contributed by atoms with E-state index >= 15 is 0 Å². The van der Waals surface area contributed by atoms with Crippen LogP contribution in [0.25, 0.3) is 0 Å². The van der Waals surface area contributed by atoms with Crippen molar-refractivity contribution in [2.24, 2.45) is 0 Å². The van der Waals surface area contributed by atoms with Crippen LogP contribution in [-0.4, -0.2) is 49.5 Å². The fourth-order valence-corrected chi connectivity index (χ4v) is 1.82. The molecule has 0 amide bonds. The smallest absolute Gasteiger partial charge is 0.0615 e. The van der Waals surface area contributed by atoms with Crippen LogP contribution < -0.4 is 0 Å². The molecule has 0 bridgehead atoms. The Kier molecular flexibility index (Phi) is 10.3. The molecule has 1 atom stereocenters. The number of likely N-dealkylation sites (N-methyl/N-ethyl adjacent to an activating group) is 1. The van der Waals surface area contributed by atoms with Gasteiger partial charge in [-0.3, -0.25) is 4.90 Å². The molecule has 1 unspecified atom stereocenters. The van der Waals surface area contributed by atoms with Crippen molar-refractivity contribution in [3.05, 3.63) is 0 Å². The van der Waals surface area contributed by atoms with Crippen molar-refractivity contribution < 1.29 is 9.84 Å². The van der Waals surface area contributed by atoms with Gasteiger partial charge in [-0.2, -0.15) is 0 Å². The Labute approximate surface area is 94.4 Å². The molecule has 0 fully saturated rings. The Balaban J connectivity index is 3.51. The minimum Gasteiger partial charge on any atom is -0.396 e. The number of nitrogens with zero attached hydrogens (tertiary/aromatic N) is 1. The summed E-state index contributed by atoms with van der Waals surface area (Å²) in [7, 11) is 1.76. The van der Waals surface area contributed by atoms with E-state index in [9.17, 15) is 0 Å². The highest BCUT2D eigenvalue weighted by Gasteiger charge is 2.10. The van der Waals surface area contributed by atoms with Crippen molar-refractivity contribution in [2.45, 2.75) is 45.6 Å².